The summed E-state index contributed by atoms with van der Waals surface area (Å²) in [6.45, 7) is 9.90. The van der Waals surface area contributed by atoms with E-state index in [0.717, 1.165) is 12.5 Å². The molecular formula is C22H38N2O4. The average Bonchev–Trinajstić information content (AvgIpc) is 3.43. The van der Waals surface area contributed by atoms with Gasteiger partial charge in [-0.05, 0) is 56.4 Å². The van der Waals surface area contributed by atoms with Crippen LogP contribution in [0.1, 0.15) is 52.9 Å². The zero-order chi connectivity index (χ0) is 20.0. The first-order chi connectivity index (χ1) is 13.6. The van der Waals surface area contributed by atoms with Crippen LogP contribution in [0.3, 0.4) is 0 Å². The second kappa shape index (κ2) is 10.2. The zero-order valence-electron chi connectivity index (χ0n) is 17.8. The number of hydrogen-bond donors (Lipinski definition) is 2. The first-order valence-corrected chi connectivity index (χ1v) is 11.0. The van der Waals surface area contributed by atoms with Crippen molar-refractivity contribution < 1.29 is 19.3 Å². The number of nitrogens with one attached hydrogen (secondary N) is 1. The predicted molar refractivity (Wildman–Crippen MR) is 110 cm³/mol. The molecule has 5 atom stereocenters. The Bertz CT molecular complexity index is 559. The van der Waals surface area contributed by atoms with Crippen molar-refractivity contribution in [3.63, 3.8) is 0 Å². The van der Waals surface area contributed by atoms with Crippen LogP contribution in [0.5, 0.6) is 0 Å². The molecule has 28 heavy (non-hydrogen) atoms. The number of hydrogen-bond acceptors (Lipinski definition) is 6. The third-order valence-corrected chi connectivity index (χ3v) is 6.89. The van der Waals surface area contributed by atoms with Gasteiger partial charge in [0.1, 0.15) is 19.4 Å². The summed E-state index contributed by atoms with van der Waals surface area (Å²) in [5.74, 6) is 1.84. The summed E-state index contributed by atoms with van der Waals surface area (Å²) in [5.41, 5.74) is 2.00. The van der Waals surface area contributed by atoms with Gasteiger partial charge in [0.25, 0.3) is 0 Å². The van der Waals surface area contributed by atoms with Crippen LogP contribution in [0, 0.1) is 17.3 Å². The Labute approximate surface area is 169 Å². The van der Waals surface area contributed by atoms with E-state index in [2.05, 4.69) is 37.2 Å². The maximum atomic E-state index is 9.34. The third-order valence-electron chi connectivity index (χ3n) is 6.89. The lowest BCUT2D eigenvalue weighted by molar-refractivity contribution is -0.103. The summed E-state index contributed by atoms with van der Waals surface area (Å²) in [5, 5.41) is 13.1. The minimum absolute atomic E-state index is 0.0644. The minimum Gasteiger partial charge on any atom is -0.478 e. The number of ether oxygens (including phenoxy) is 3. The van der Waals surface area contributed by atoms with Gasteiger partial charge < -0.3 is 24.6 Å². The van der Waals surface area contributed by atoms with Gasteiger partial charge in [0, 0.05) is 12.5 Å². The maximum Gasteiger partial charge on any atom is 0.187 e. The van der Waals surface area contributed by atoms with E-state index in [4.69, 9.17) is 14.2 Å². The van der Waals surface area contributed by atoms with Gasteiger partial charge in [-0.25, -0.2) is 4.99 Å². The fourth-order valence-corrected chi connectivity index (χ4v) is 4.97. The van der Waals surface area contributed by atoms with Crippen LogP contribution in [0.4, 0.5) is 0 Å². The molecule has 2 fully saturated rings. The van der Waals surface area contributed by atoms with Gasteiger partial charge in [0.05, 0.1) is 19.8 Å². The quantitative estimate of drug-likeness (QED) is 0.412. The molecule has 3 aliphatic rings. The highest BCUT2D eigenvalue weighted by molar-refractivity contribution is 5.76. The number of fused-ring (bicyclic) bond motifs is 1. The van der Waals surface area contributed by atoms with E-state index < -0.39 is 0 Å². The molecule has 0 aromatic rings. The average molecular weight is 395 g/mol. The molecule has 1 saturated heterocycles. The molecule has 0 radical (unpaired) electrons. The number of aliphatic imine (C=N–C) groups is 1. The van der Waals surface area contributed by atoms with Crippen LogP contribution in [0.2, 0.25) is 0 Å². The smallest absolute Gasteiger partial charge is 0.187 e. The van der Waals surface area contributed by atoms with Crippen LogP contribution >= 0.6 is 0 Å². The topological polar surface area (TPSA) is 72.3 Å². The van der Waals surface area contributed by atoms with Crippen LogP contribution in [-0.4, -0.2) is 62.9 Å². The minimum atomic E-state index is -0.256. The highest BCUT2D eigenvalue weighted by Gasteiger charge is 2.52. The molecule has 0 spiro atoms. The molecule has 160 valence electrons. The molecule has 0 bridgehead atoms. The van der Waals surface area contributed by atoms with E-state index in [0.29, 0.717) is 50.1 Å². The Balaban J connectivity index is 1.63. The maximum absolute atomic E-state index is 9.34. The number of aliphatic hydroxyl groups excluding tert-OH is 1. The molecule has 2 N–H and O–H groups in total. The fraction of sp³-hybridized carbons (Fsp3) is 0.864. The number of aliphatic hydroxyl groups is 1. The number of allylic oxidation sites excluding steroid dienone is 1. The van der Waals surface area contributed by atoms with E-state index >= 15 is 0 Å². The molecule has 6 nitrogen and oxygen atoms in total. The molecule has 0 aromatic heterocycles. The fourth-order valence-electron chi connectivity index (χ4n) is 4.97. The van der Waals surface area contributed by atoms with Crippen LogP contribution in [-0.2, 0) is 14.2 Å². The van der Waals surface area contributed by atoms with E-state index in [1.165, 1.54) is 25.7 Å². The van der Waals surface area contributed by atoms with Crippen molar-refractivity contribution >= 4 is 5.90 Å². The van der Waals surface area contributed by atoms with Gasteiger partial charge in [0.15, 0.2) is 5.90 Å². The Hall–Kier alpha value is -0.950. The van der Waals surface area contributed by atoms with Crippen molar-refractivity contribution in [2.45, 2.75) is 65.0 Å². The summed E-state index contributed by atoms with van der Waals surface area (Å²) < 4.78 is 17.0. The summed E-state index contributed by atoms with van der Waals surface area (Å²) >= 11 is 0. The van der Waals surface area contributed by atoms with Crippen molar-refractivity contribution in [2.24, 2.45) is 22.2 Å². The molecule has 2 aliphatic heterocycles. The van der Waals surface area contributed by atoms with Crippen LogP contribution in [0.15, 0.2) is 16.6 Å². The lowest BCUT2D eigenvalue weighted by atomic mass is 9.85. The van der Waals surface area contributed by atoms with Gasteiger partial charge in [-0.1, -0.05) is 25.5 Å². The second-order valence-electron chi connectivity index (χ2n) is 8.60. The van der Waals surface area contributed by atoms with Gasteiger partial charge >= 0.3 is 0 Å². The third kappa shape index (κ3) is 5.35. The Kier molecular flexibility index (Phi) is 7.92. The highest BCUT2D eigenvalue weighted by Crippen LogP contribution is 2.62. The van der Waals surface area contributed by atoms with Crippen molar-refractivity contribution in [1.82, 2.24) is 5.32 Å². The first kappa shape index (κ1) is 21.8. The molecular weight excluding hydrogens is 356 g/mol. The van der Waals surface area contributed by atoms with E-state index in [9.17, 15) is 5.11 Å². The standard InChI is InChI=1S/C22H38N2O4/c1-4-22-12-18(22)6-5-7-23-20(16(2)10-17(22)3)11-21(24-15-25)28-14-19-13-26-8-9-27-19/h10,16,18-20,23,25H,4-9,11-15H2,1-3H3/b17-10+,24-21?/t16?,18-,19?,20+,22?/m0/s1. The van der Waals surface area contributed by atoms with E-state index in [1.54, 1.807) is 5.57 Å². The lowest BCUT2D eigenvalue weighted by Crippen LogP contribution is -2.39. The Morgan fingerprint density at radius 3 is 3.00 bits per heavy atom. The SMILES string of the molecule is CCC12C[C@@H]1CCCN[C@H](CC(=NCO)OCC1COCCO1)C(C)/C=C/2C. The molecule has 0 amide bonds. The van der Waals surface area contributed by atoms with Gasteiger partial charge in [0.2, 0.25) is 0 Å². The molecule has 2 heterocycles. The van der Waals surface area contributed by atoms with Gasteiger partial charge in [-0.15, -0.1) is 0 Å². The summed E-state index contributed by atoms with van der Waals surface area (Å²) in [6, 6.07) is 0.244. The highest BCUT2D eigenvalue weighted by atomic mass is 16.6. The van der Waals surface area contributed by atoms with Crippen molar-refractivity contribution in [2.75, 3.05) is 39.7 Å². The van der Waals surface area contributed by atoms with Crippen LogP contribution in [0.25, 0.3) is 0 Å². The monoisotopic (exact) mass is 394 g/mol. The van der Waals surface area contributed by atoms with Crippen molar-refractivity contribution in [3.05, 3.63) is 11.6 Å². The van der Waals surface area contributed by atoms with Gasteiger partial charge in [-0.3, -0.25) is 0 Å². The van der Waals surface area contributed by atoms with E-state index in [1.807, 2.05) is 0 Å². The molecule has 3 rings (SSSR count). The van der Waals surface area contributed by atoms with Crippen LogP contribution < -0.4 is 5.32 Å². The molecule has 0 aromatic carbocycles. The number of nitrogens with zero attached hydrogens (tertiary/aromatic N) is 1. The zero-order valence-corrected chi connectivity index (χ0v) is 17.8. The molecule has 6 heteroatoms. The second-order valence-corrected chi connectivity index (χ2v) is 8.60. The number of rotatable bonds is 6. The molecule has 3 unspecified atom stereocenters. The summed E-state index contributed by atoms with van der Waals surface area (Å²) in [4.78, 5) is 4.20. The lowest BCUT2D eigenvalue weighted by Gasteiger charge is -2.28. The largest absolute Gasteiger partial charge is 0.478 e. The van der Waals surface area contributed by atoms with Crippen molar-refractivity contribution in [1.29, 1.82) is 0 Å². The summed E-state index contributed by atoms with van der Waals surface area (Å²) in [7, 11) is 0. The summed E-state index contributed by atoms with van der Waals surface area (Å²) in [6.07, 6.45) is 8.18. The predicted octanol–water partition coefficient (Wildman–Crippen LogP) is 2.91. The Morgan fingerprint density at radius 2 is 2.29 bits per heavy atom. The molecule has 1 aliphatic carbocycles. The van der Waals surface area contributed by atoms with Crippen molar-refractivity contribution in [3.8, 4) is 0 Å². The normalized spacial score (nSPS) is 38.9. The Morgan fingerprint density at radius 1 is 1.43 bits per heavy atom. The molecule has 1 saturated carbocycles. The van der Waals surface area contributed by atoms with Gasteiger partial charge in [-0.2, -0.15) is 0 Å². The van der Waals surface area contributed by atoms with E-state index in [-0.39, 0.29) is 18.9 Å². The first-order valence-electron chi connectivity index (χ1n) is 11.0.